The van der Waals surface area contributed by atoms with Crippen LogP contribution in [0.4, 0.5) is 15.7 Å². The van der Waals surface area contributed by atoms with Crippen molar-refractivity contribution in [3.8, 4) is 6.07 Å². The monoisotopic (exact) mass is 596 g/mol. The maximum atomic E-state index is 12.5. The Morgan fingerprint density at radius 2 is 2.05 bits per heavy atom. The highest BCUT2D eigenvalue weighted by atomic mass is 32.1. The molecule has 0 spiro atoms. The molecule has 4 rings (SSSR count). The molecule has 226 valence electrons. The molecule has 12 nitrogen and oxygen atoms in total. The molecule has 2 aromatic rings. The van der Waals surface area contributed by atoms with E-state index in [0.29, 0.717) is 55.5 Å². The molecule has 0 radical (unpaired) electrons. The molecule has 1 amide bonds. The molecule has 0 bridgehead atoms. The van der Waals surface area contributed by atoms with Gasteiger partial charge in [-0.15, -0.1) is 11.3 Å². The Balaban J connectivity index is 1.49. The molecule has 42 heavy (non-hydrogen) atoms. The summed E-state index contributed by atoms with van der Waals surface area (Å²) in [4.78, 5) is 32.2. The van der Waals surface area contributed by atoms with E-state index in [2.05, 4.69) is 21.0 Å². The largest absolute Gasteiger partial charge is 0.444 e. The Bertz CT molecular complexity index is 1370. The van der Waals surface area contributed by atoms with Crippen molar-refractivity contribution >= 4 is 40.4 Å². The molecular weight excluding hydrogens is 556 g/mol. The topological polar surface area (TPSA) is 162 Å². The van der Waals surface area contributed by atoms with E-state index >= 15 is 0 Å². The first-order chi connectivity index (χ1) is 19.8. The number of fused-ring (bicyclic) bond motifs is 1. The number of aliphatic hydroxyl groups is 2. The Morgan fingerprint density at radius 3 is 2.74 bits per heavy atom. The van der Waals surface area contributed by atoms with Crippen molar-refractivity contribution < 1.29 is 19.7 Å². The number of amides is 1. The standard InChI is InChI=1S/C29H40N8O4S/c1-28(2,3)41-27(38)37-13-7-12-36(14-15-37)26-32-11-10-23(34-26)29(39,40)16-21(31)19-8-6-9-22-24(19)20(17-30)25(42-22)33-18-35(4)5/h10-11,18-19,31,39-40H,6-9,12-16H2,1-5H3/t19-/m1/s1. The second kappa shape index (κ2) is 12.7. The van der Waals surface area contributed by atoms with Gasteiger partial charge in [-0.05, 0) is 58.1 Å². The molecule has 13 heteroatoms. The van der Waals surface area contributed by atoms with Gasteiger partial charge < -0.3 is 35.1 Å². The Labute approximate surface area is 250 Å². The van der Waals surface area contributed by atoms with Crippen LogP contribution in [-0.2, 0) is 16.9 Å². The molecule has 2 aromatic heterocycles. The van der Waals surface area contributed by atoms with E-state index in [-0.39, 0.29) is 23.9 Å². The molecular formula is C29H40N8O4S. The minimum atomic E-state index is -2.41. The van der Waals surface area contributed by atoms with Crippen molar-refractivity contribution in [1.29, 1.82) is 10.7 Å². The molecule has 1 aliphatic carbocycles. The maximum absolute atomic E-state index is 12.5. The zero-order valence-corrected chi connectivity index (χ0v) is 25.7. The molecule has 1 saturated heterocycles. The van der Waals surface area contributed by atoms with E-state index in [4.69, 9.17) is 10.1 Å². The second-order valence-corrected chi connectivity index (χ2v) is 13.0. The van der Waals surface area contributed by atoms with Crippen LogP contribution in [0.2, 0.25) is 0 Å². The summed E-state index contributed by atoms with van der Waals surface area (Å²) >= 11 is 1.46. The van der Waals surface area contributed by atoms with Gasteiger partial charge in [-0.2, -0.15) is 5.26 Å². The number of ether oxygens (including phenoxy) is 1. The number of nitriles is 1. The van der Waals surface area contributed by atoms with Crippen LogP contribution < -0.4 is 4.90 Å². The minimum absolute atomic E-state index is 0.0105. The van der Waals surface area contributed by atoms with Gasteiger partial charge >= 0.3 is 6.09 Å². The lowest BCUT2D eigenvalue weighted by Crippen LogP contribution is -2.39. The van der Waals surface area contributed by atoms with E-state index < -0.39 is 17.3 Å². The summed E-state index contributed by atoms with van der Waals surface area (Å²) in [6.07, 6.45) is 5.34. The molecule has 1 atom stereocenters. The number of nitrogens with one attached hydrogen (secondary N) is 1. The van der Waals surface area contributed by atoms with E-state index in [0.717, 1.165) is 23.3 Å². The van der Waals surface area contributed by atoms with Gasteiger partial charge in [0.25, 0.3) is 0 Å². The third kappa shape index (κ3) is 7.42. The third-order valence-corrected chi connectivity index (χ3v) is 8.28. The lowest BCUT2D eigenvalue weighted by Gasteiger charge is -2.29. The zero-order valence-electron chi connectivity index (χ0n) is 24.9. The van der Waals surface area contributed by atoms with Crippen molar-refractivity contribution in [2.45, 2.75) is 70.2 Å². The third-order valence-electron chi connectivity index (χ3n) is 7.11. The normalized spacial score (nSPS) is 17.9. The molecule has 0 aromatic carbocycles. The number of aliphatic imine (C=N–C) groups is 1. The highest BCUT2D eigenvalue weighted by Crippen LogP contribution is 2.45. The molecule has 0 unspecified atom stereocenters. The van der Waals surface area contributed by atoms with Gasteiger partial charge in [-0.3, -0.25) is 0 Å². The quantitative estimate of drug-likeness (QED) is 0.245. The number of carbonyl (C=O) groups excluding carboxylic acids is 1. The lowest BCUT2D eigenvalue weighted by atomic mass is 9.80. The van der Waals surface area contributed by atoms with Gasteiger partial charge in [0.05, 0.1) is 11.9 Å². The van der Waals surface area contributed by atoms with Gasteiger partial charge in [0, 0.05) is 69.4 Å². The molecule has 0 saturated carbocycles. The molecule has 3 heterocycles. The number of thiophene rings is 1. The van der Waals surface area contributed by atoms with E-state index in [1.807, 2.05) is 39.8 Å². The van der Waals surface area contributed by atoms with E-state index in [9.17, 15) is 20.3 Å². The molecule has 1 fully saturated rings. The average molecular weight is 597 g/mol. The van der Waals surface area contributed by atoms with Crippen LogP contribution in [0, 0.1) is 16.7 Å². The highest BCUT2D eigenvalue weighted by Gasteiger charge is 2.37. The average Bonchev–Trinajstić information content (AvgIpc) is 3.09. The van der Waals surface area contributed by atoms with Gasteiger partial charge in [0.15, 0.2) is 0 Å². The lowest BCUT2D eigenvalue weighted by molar-refractivity contribution is -0.166. The fraction of sp³-hybridized carbons (Fsp3) is 0.586. The van der Waals surface area contributed by atoms with Crippen molar-refractivity contribution in [3.05, 3.63) is 34.0 Å². The van der Waals surface area contributed by atoms with Crippen molar-refractivity contribution in [1.82, 2.24) is 19.8 Å². The predicted octanol–water partition coefficient (Wildman–Crippen LogP) is 3.75. The number of aromatic nitrogens is 2. The van der Waals surface area contributed by atoms with Crippen molar-refractivity contribution in [3.63, 3.8) is 0 Å². The fourth-order valence-electron chi connectivity index (χ4n) is 5.19. The number of hydrogen-bond donors (Lipinski definition) is 3. The number of carbonyl (C=O) groups is 1. The van der Waals surface area contributed by atoms with Gasteiger partial charge in [0.2, 0.25) is 11.7 Å². The summed E-state index contributed by atoms with van der Waals surface area (Å²) in [6, 6.07) is 3.71. The van der Waals surface area contributed by atoms with Crippen LogP contribution in [0.1, 0.15) is 74.1 Å². The summed E-state index contributed by atoms with van der Waals surface area (Å²) in [6.45, 7) is 7.49. The zero-order chi connectivity index (χ0) is 30.7. The number of aryl methyl sites for hydroxylation is 1. The van der Waals surface area contributed by atoms with Crippen molar-refractivity contribution in [2.24, 2.45) is 4.99 Å². The van der Waals surface area contributed by atoms with Crippen molar-refractivity contribution in [2.75, 3.05) is 45.2 Å². The van der Waals surface area contributed by atoms with E-state index in [1.54, 1.807) is 16.1 Å². The summed E-state index contributed by atoms with van der Waals surface area (Å²) in [5.41, 5.74) is 0.767. The minimum Gasteiger partial charge on any atom is -0.444 e. The maximum Gasteiger partial charge on any atom is 0.410 e. The fourth-order valence-corrected chi connectivity index (χ4v) is 6.38. The first-order valence-electron chi connectivity index (χ1n) is 14.1. The van der Waals surface area contributed by atoms with Gasteiger partial charge in [-0.1, -0.05) is 0 Å². The van der Waals surface area contributed by atoms with Gasteiger partial charge in [-0.25, -0.2) is 19.8 Å². The molecule has 2 aliphatic rings. The Kier molecular flexibility index (Phi) is 9.50. The van der Waals surface area contributed by atoms with Crippen LogP contribution >= 0.6 is 11.3 Å². The molecule has 1 aliphatic heterocycles. The first-order valence-corrected chi connectivity index (χ1v) is 15.0. The summed E-state index contributed by atoms with van der Waals surface area (Å²) in [5, 5.41) is 41.8. The van der Waals surface area contributed by atoms with Crippen LogP contribution in [-0.4, -0.2) is 94.0 Å². The smallest absolute Gasteiger partial charge is 0.410 e. The number of anilines is 1. The molecule has 3 N–H and O–H groups in total. The predicted molar refractivity (Wildman–Crippen MR) is 162 cm³/mol. The number of nitrogens with zero attached hydrogens (tertiary/aromatic N) is 7. The van der Waals surface area contributed by atoms with Crippen LogP contribution in [0.5, 0.6) is 0 Å². The Hall–Kier alpha value is -3.60. The van der Waals surface area contributed by atoms with Gasteiger partial charge in [0.1, 0.15) is 22.4 Å². The van der Waals surface area contributed by atoms with E-state index in [1.165, 1.54) is 23.6 Å². The Morgan fingerprint density at radius 1 is 1.29 bits per heavy atom. The van der Waals surface area contributed by atoms with Crippen LogP contribution in [0.15, 0.2) is 17.3 Å². The summed E-state index contributed by atoms with van der Waals surface area (Å²) < 4.78 is 5.51. The number of rotatable bonds is 7. The summed E-state index contributed by atoms with van der Waals surface area (Å²) in [5.74, 6) is -2.49. The number of hydrogen-bond acceptors (Lipinski definition) is 11. The van der Waals surface area contributed by atoms with Crippen LogP contribution in [0.3, 0.4) is 0 Å². The second-order valence-electron chi connectivity index (χ2n) is 12.0. The van der Waals surface area contributed by atoms with Crippen LogP contribution in [0.25, 0.3) is 0 Å². The highest BCUT2D eigenvalue weighted by molar-refractivity contribution is 7.16. The first kappa shape index (κ1) is 31.3. The summed E-state index contributed by atoms with van der Waals surface area (Å²) in [7, 11) is 3.71. The SMILES string of the molecule is CN(C)C=Nc1sc2c(c1C#N)[C@@H](C(=N)CC(O)(O)c1ccnc(N3CCCN(C(=O)OC(C)(C)C)CC3)n1)CCC2.